The number of nitrogens with zero attached hydrogens (tertiary/aromatic N) is 1. The zero-order chi connectivity index (χ0) is 20.4. The first kappa shape index (κ1) is 18.6. The van der Waals surface area contributed by atoms with Crippen molar-refractivity contribution >= 4 is 29.3 Å². The Bertz CT molecular complexity index is 1120. The fourth-order valence-corrected chi connectivity index (χ4v) is 3.37. The topological polar surface area (TPSA) is 46.6 Å². The van der Waals surface area contributed by atoms with Crippen LogP contribution in [0, 0.1) is 5.82 Å². The normalized spacial score (nSPS) is 14.2. The number of benzene rings is 3. The molecule has 1 aliphatic heterocycles. The third-order valence-electron chi connectivity index (χ3n) is 4.68. The number of ether oxygens (including phenoxy) is 1. The molecule has 0 N–H and O–H groups in total. The van der Waals surface area contributed by atoms with Gasteiger partial charge < -0.3 is 4.74 Å². The Morgan fingerprint density at radius 1 is 1.00 bits per heavy atom. The first-order valence-electron chi connectivity index (χ1n) is 9.27. The molecule has 3 aromatic carbocycles. The van der Waals surface area contributed by atoms with Gasteiger partial charge in [-0.05, 0) is 48.9 Å². The minimum atomic E-state index is -0.698. The Labute approximate surface area is 167 Å². The zero-order valence-electron chi connectivity index (χ0n) is 15.8. The molecule has 1 amide bonds. The molecule has 0 saturated heterocycles. The first-order valence-corrected chi connectivity index (χ1v) is 9.27. The number of halogens is 1. The lowest BCUT2D eigenvalue weighted by atomic mass is 10.0. The highest BCUT2D eigenvalue weighted by atomic mass is 19.1. The van der Waals surface area contributed by atoms with Crippen LogP contribution in [0.1, 0.15) is 38.8 Å². The molecule has 0 saturated carbocycles. The summed E-state index contributed by atoms with van der Waals surface area (Å²) >= 11 is 0. The SMILES string of the molecule is CCOC(=O)c1ccc(C=C2c3ccccc3C(=O)N2c2ccccc2)cc1F. The van der Waals surface area contributed by atoms with Gasteiger partial charge in [0.15, 0.2) is 0 Å². The Morgan fingerprint density at radius 2 is 1.69 bits per heavy atom. The molecule has 0 aliphatic carbocycles. The van der Waals surface area contributed by atoms with Crippen molar-refractivity contribution in [1.29, 1.82) is 0 Å². The van der Waals surface area contributed by atoms with E-state index in [4.69, 9.17) is 4.74 Å². The van der Waals surface area contributed by atoms with Crippen molar-refractivity contribution in [3.05, 3.63) is 101 Å². The number of para-hydroxylation sites is 1. The van der Waals surface area contributed by atoms with Gasteiger partial charge in [-0.3, -0.25) is 9.69 Å². The monoisotopic (exact) mass is 387 g/mol. The summed E-state index contributed by atoms with van der Waals surface area (Å²) in [6, 6.07) is 20.9. The molecule has 4 rings (SSSR count). The number of carbonyl (C=O) groups excluding carboxylic acids is 2. The summed E-state index contributed by atoms with van der Waals surface area (Å²) in [5.41, 5.74) is 3.17. The average Bonchev–Trinajstić information content (AvgIpc) is 3.01. The average molecular weight is 387 g/mol. The van der Waals surface area contributed by atoms with Crippen LogP contribution in [0.4, 0.5) is 10.1 Å². The number of rotatable bonds is 4. The van der Waals surface area contributed by atoms with Gasteiger partial charge in [-0.1, -0.05) is 42.5 Å². The summed E-state index contributed by atoms with van der Waals surface area (Å²) < 4.78 is 19.4. The van der Waals surface area contributed by atoms with E-state index in [0.29, 0.717) is 16.8 Å². The van der Waals surface area contributed by atoms with Crippen LogP contribution in [-0.4, -0.2) is 18.5 Å². The van der Waals surface area contributed by atoms with E-state index in [-0.39, 0.29) is 18.1 Å². The third kappa shape index (κ3) is 3.43. The van der Waals surface area contributed by atoms with E-state index < -0.39 is 11.8 Å². The maximum Gasteiger partial charge on any atom is 0.341 e. The number of anilines is 1. The molecule has 5 heteroatoms. The molecule has 0 spiro atoms. The minimum Gasteiger partial charge on any atom is -0.462 e. The van der Waals surface area contributed by atoms with Gasteiger partial charge in [0, 0.05) is 16.8 Å². The van der Waals surface area contributed by atoms with Gasteiger partial charge in [0.2, 0.25) is 0 Å². The fourth-order valence-electron chi connectivity index (χ4n) is 3.37. The molecular weight excluding hydrogens is 369 g/mol. The molecule has 0 atom stereocenters. The second-order valence-corrected chi connectivity index (χ2v) is 6.51. The summed E-state index contributed by atoms with van der Waals surface area (Å²) in [6.45, 7) is 1.84. The van der Waals surface area contributed by atoms with Gasteiger partial charge in [0.25, 0.3) is 5.91 Å². The summed E-state index contributed by atoms with van der Waals surface area (Å²) in [5.74, 6) is -1.50. The fraction of sp³-hybridized carbons (Fsp3) is 0.0833. The molecule has 0 unspecified atom stereocenters. The largest absolute Gasteiger partial charge is 0.462 e. The van der Waals surface area contributed by atoms with Crippen molar-refractivity contribution in [1.82, 2.24) is 0 Å². The predicted octanol–water partition coefficient (Wildman–Crippen LogP) is 5.16. The van der Waals surface area contributed by atoms with E-state index in [0.717, 1.165) is 11.3 Å². The van der Waals surface area contributed by atoms with Crippen LogP contribution < -0.4 is 4.90 Å². The molecule has 144 valence electrons. The zero-order valence-corrected chi connectivity index (χ0v) is 15.8. The number of hydrogen-bond donors (Lipinski definition) is 0. The maximum absolute atomic E-state index is 14.5. The molecular formula is C24H18FNO3. The maximum atomic E-state index is 14.5. The van der Waals surface area contributed by atoms with E-state index >= 15 is 0 Å². The van der Waals surface area contributed by atoms with Crippen molar-refractivity contribution in [2.24, 2.45) is 0 Å². The van der Waals surface area contributed by atoms with Crippen LogP contribution in [0.2, 0.25) is 0 Å². The molecule has 3 aromatic rings. The van der Waals surface area contributed by atoms with E-state index in [1.807, 2.05) is 48.5 Å². The van der Waals surface area contributed by atoms with E-state index in [1.54, 1.807) is 30.0 Å². The summed E-state index contributed by atoms with van der Waals surface area (Å²) in [5, 5.41) is 0. The van der Waals surface area contributed by atoms with E-state index in [9.17, 15) is 14.0 Å². The Kier molecular flexibility index (Phi) is 4.96. The molecule has 0 radical (unpaired) electrons. The van der Waals surface area contributed by atoms with Crippen molar-refractivity contribution in [3.8, 4) is 0 Å². The van der Waals surface area contributed by atoms with Gasteiger partial charge >= 0.3 is 5.97 Å². The minimum absolute atomic E-state index is 0.114. The number of hydrogen-bond acceptors (Lipinski definition) is 3. The number of amides is 1. The van der Waals surface area contributed by atoms with Gasteiger partial charge in [0.05, 0.1) is 17.9 Å². The molecule has 1 aliphatic rings. The van der Waals surface area contributed by atoms with Crippen LogP contribution in [0.15, 0.2) is 72.8 Å². The Hall–Kier alpha value is -3.73. The van der Waals surface area contributed by atoms with Crippen molar-refractivity contribution in [2.75, 3.05) is 11.5 Å². The number of carbonyl (C=O) groups is 2. The predicted molar refractivity (Wildman–Crippen MR) is 110 cm³/mol. The Morgan fingerprint density at radius 3 is 2.38 bits per heavy atom. The lowest BCUT2D eigenvalue weighted by Crippen LogP contribution is -2.22. The second-order valence-electron chi connectivity index (χ2n) is 6.51. The van der Waals surface area contributed by atoms with Gasteiger partial charge in [-0.15, -0.1) is 0 Å². The highest BCUT2D eigenvalue weighted by Gasteiger charge is 2.33. The smallest absolute Gasteiger partial charge is 0.341 e. The highest BCUT2D eigenvalue weighted by Crippen LogP contribution is 2.37. The van der Waals surface area contributed by atoms with Gasteiger partial charge in [0.1, 0.15) is 5.82 Å². The van der Waals surface area contributed by atoms with Crippen LogP contribution in [0.3, 0.4) is 0 Å². The van der Waals surface area contributed by atoms with Crippen molar-refractivity contribution in [3.63, 3.8) is 0 Å². The summed E-state index contributed by atoms with van der Waals surface area (Å²) in [4.78, 5) is 26.5. The van der Waals surface area contributed by atoms with Crippen LogP contribution >= 0.6 is 0 Å². The van der Waals surface area contributed by atoms with Gasteiger partial charge in [-0.2, -0.15) is 0 Å². The Balaban J connectivity index is 1.80. The highest BCUT2D eigenvalue weighted by molar-refractivity contribution is 6.24. The van der Waals surface area contributed by atoms with Crippen LogP contribution in [0.25, 0.3) is 11.8 Å². The first-order chi connectivity index (χ1) is 14.1. The lowest BCUT2D eigenvalue weighted by Gasteiger charge is -2.18. The summed E-state index contributed by atoms with van der Waals surface area (Å²) in [7, 11) is 0. The van der Waals surface area contributed by atoms with Crippen LogP contribution in [0.5, 0.6) is 0 Å². The van der Waals surface area contributed by atoms with E-state index in [1.165, 1.54) is 12.1 Å². The lowest BCUT2D eigenvalue weighted by molar-refractivity contribution is 0.0521. The molecule has 0 fully saturated rings. The third-order valence-corrected chi connectivity index (χ3v) is 4.68. The molecule has 0 aromatic heterocycles. The molecule has 29 heavy (non-hydrogen) atoms. The van der Waals surface area contributed by atoms with Crippen LogP contribution in [-0.2, 0) is 4.74 Å². The quantitative estimate of drug-likeness (QED) is 0.581. The van der Waals surface area contributed by atoms with E-state index in [2.05, 4.69) is 0 Å². The molecule has 1 heterocycles. The number of esters is 1. The second kappa shape index (κ2) is 7.72. The van der Waals surface area contributed by atoms with Crippen molar-refractivity contribution < 1.29 is 18.7 Å². The van der Waals surface area contributed by atoms with Gasteiger partial charge in [-0.25, -0.2) is 9.18 Å². The number of fused-ring (bicyclic) bond motifs is 1. The summed E-state index contributed by atoms with van der Waals surface area (Å²) in [6.07, 6.45) is 1.74. The standard InChI is InChI=1S/C24H18FNO3/c1-2-29-24(28)20-13-12-16(14-21(20)25)15-22-18-10-6-7-11-19(18)23(27)26(22)17-8-4-3-5-9-17/h3-15H,2H2,1H3. The molecule has 0 bridgehead atoms. The van der Waals surface area contributed by atoms with Crippen molar-refractivity contribution in [2.45, 2.75) is 6.92 Å². The molecule has 4 nitrogen and oxygen atoms in total.